The van der Waals surface area contributed by atoms with Gasteiger partial charge in [-0.3, -0.25) is 4.90 Å². The number of nitrogens with one attached hydrogen (secondary N) is 2. The molecule has 1 saturated heterocycles. The maximum atomic E-state index is 11.7. The normalized spacial score (nSPS) is 17.4. The molecule has 0 bridgehead atoms. The molecule has 1 aliphatic heterocycles. The highest BCUT2D eigenvalue weighted by Crippen LogP contribution is 2.07. The summed E-state index contributed by atoms with van der Waals surface area (Å²) in [5.41, 5.74) is 0. The van der Waals surface area contributed by atoms with Gasteiger partial charge in [0.15, 0.2) is 0 Å². The van der Waals surface area contributed by atoms with Crippen molar-refractivity contribution in [3.05, 3.63) is 0 Å². The van der Waals surface area contributed by atoms with E-state index in [-0.39, 0.29) is 6.03 Å². The first-order valence-electron chi connectivity index (χ1n) is 7.20. The summed E-state index contributed by atoms with van der Waals surface area (Å²) in [7, 11) is 0. The topological polar surface area (TPSA) is 81.7 Å². The maximum Gasteiger partial charge on any atom is 0.326 e. The van der Waals surface area contributed by atoms with Crippen LogP contribution in [0.3, 0.4) is 0 Å². The molecule has 0 saturated carbocycles. The SMILES string of the molecule is CCCCC(NC(=O)NCCN1CCSCC1)C(=O)O. The molecule has 1 aliphatic rings. The van der Waals surface area contributed by atoms with Gasteiger partial charge in [0, 0.05) is 37.7 Å². The van der Waals surface area contributed by atoms with Crippen LogP contribution >= 0.6 is 11.8 Å². The molecule has 6 nitrogen and oxygen atoms in total. The summed E-state index contributed by atoms with van der Waals surface area (Å²) in [5, 5.41) is 14.3. The van der Waals surface area contributed by atoms with E-state index in [0.717, 1.165) is 44.0 Å². The van der Waals surface area contributed by atoms with Crippen molar-refractivity contribution in [2.24, 2.45) is 0 Å². The van der Waals surface area contributed by atoms with E-state index in [1.165, 1.54) is 0 Å². The van der Waals surface area contributed by atoms with Crippen molar-refractivity contribution in [2.75, 3.05) is 37.7 Å². The second-order valence-electron chi connectivity index (χ2n) is 4.89. The predicted octanol–water partition coefficient (Wildman–Crippen LogP) is 0.978. The molecule has 0 aliphatic carbocycles. The number of carboxylic acid groups (broad SMARTS) is 1. The van der Waals surface area contributed by atoms with Crippen LogP contribution in [-0.2, 0) is 4.79 Å². The number of unbranched alkanes of at least 4 members (excludes halogenated alkanes) is 1. The summed E-state index contributed by atoms with van der Waals surface area (Å²) in [5.74, 6) is 1.32. The van der Waals surface area contributed by atoms with Crippen LogP contribution < -0.4 is 10.6 Å². The van der Waals surface area contributed by atoms with Crippen molar-refractivity contribution >= 4 is 23.8 Å². The number of hydrogen-bond donors (Lipinski definition) is 3. The van der Waals surface area contributed by atoms with Gasteiger partial charge in [0.1, 0.15) is 6.04 Å². The van der Waals surface area contributed by atoms with Gasteiger partial charge in [-0.05, 0) is 6.42 Å². The van der Waals surface area contributed by atoms with Crippen LogP contribution in [-0.4, -0.2) is 65.7 Å². The van der Waals surface area contributed by atoms with Crippen molar-refractivity contribution in [2.45, 2.75) is 32.2 Å². The van der Waals surface area contributed by atoms with Crippen LogP contribution in [0, 0.1) is 0 Å². The van der Waals surface area contributed by atoms with Crippen LogP contribution in [0.1, 0.15) is 26.2 Å². The molecule has 1 unspecified atom stereocenters. The van der Waals surface area contributed by atoms with E-state index in [9.17, 15) is 9.59 Å². The van der Waals surface area contributed by atoms with Crippen molar-refractivity contribution < 1.29 is 14.7 Å². The lowest BCUT2D eigenvalue weighted by atomic mass is 10.1. The van der Waals surface area contributed by atoms with Crippen LogP contribution in [0.5, 0.6) is 0 Å². The Morgan fingerprint density at radius 2 is 2.05 bits per heavy atom. The van der Waals surface area contributed by atoms with Gasteiger partial charge in [-0.25, -0.2) is 9.59 Å². The van der Waals surface area contributed by atoms with Gasteiger partial charge in [0.2, 0.25) is 0 Å². The zero-order valence-corrected chi connectivity index (χ0v) is 12.9. The van der Waals surface area contributed by atoms with Crippen LogP contribution in [0.15, 0.2) is 0 Å². The first kappa shape index (κ1) is 17.1. The molecule has 0 aromatic rings. The van der Waals surface area contributed by atoms with E-state index in [2.05, 4.69) is 15.5 Å². The lowest BCUT2D eigenvalue weighted by molar-refractivity contribution is -0.139. The number of rotatable bonds is 8. The minimum absolute atomic E-state index is 0.389. The Hall–Kier alpha value is -0.950. The van der Waals surface area contributed by atoms with Crippen molar-refractivity contribution in [3.8, 4) is 0 Å². The Bertz CT molecular complexity index is 309. The molecule has 3 N–H and O–H groups in total. The van der Waals surface area contributed by atoms with E-state index in [4.69, 9.17) is 5.11 Å². The van der Waals surface area contributed by atoms with Crippen LogP contribution in [0.25, 0.3) is 0 Å². The summed E-state index contributed by atoms with van der Waals surface area (Å²) >= 11 is 1.95. The fraction of sp³-hybridized carbons (Fsp3) is 0.846. The Morgan fingerprint density at radius 3 is 2.65 bits per heavy atom. The second kappa shape index (κ2) is 9.88. The van der Waals surface area contributed by atoms with Crippen molar-refractivity contribution in [3.63, 3.8) is 0 Å². The number of nitrogens with zero attached hydrogens (tertiary/aromatic N) is 1. The molecule has 0 aromatic heterocycles. The number of amides is 2. The van der Waals surface area contributed by atoms with Gasteiger partial charge in [-0.1, -0.05) is 19.8 Å². The molecule has 0 spiro atoms. The van der Waals surface area contributed by atoms with E-state index >= 15 is 0 Å². The molecule has 2 amide bonds. The molecular formula is C13H25N3O3S. The highest BCUT2D eigenvalue weighted by molar-refractivity contribution is 7.99. The van der Waals surface area contributed by atoms with Crippen LogP contribution in [0.2, 0.25) is 0 Å². The predicted molar refractivity (Wildman–Crippen MR) is 81.2 cm³/mol. The summed E-state index contributed by atoms with van der Waals surface area (Å²) in [6.45, 7) is 5.48. The number of hydrogen-bond acceptors (Lipinski definition) is 4. The highest BCUT2D eigenvalue weighted by atomic mass is 32.2. The van der Waals surface area contributed by atoms with Gasteiger partial charge in [-0.15, -0.1) is 0 Å². The number of urea groups is 1. The fourth-order valence-electron chi connectivity index (χ4n) is 2.03. The number of carboxylic acids is 1. The molecular weight excluding hydrogens is 278 g/mol. The third-order valence-electron chi connectivity index (χ3n) is 3.27. The largest absolute Gasteiger partial charge is 0.480 e. The Kier molecular flexibility index (Phi) is 8.45. The molecule has 1 rings (SSSR count). The highest BCUT2D eigenvalue weighted by Gasteiger charge is 2.19. The fourth-order valence-corrected chi connectivity index (χ4v) is 3.01. The summed E-state index contributed by atoms with van der Waals surface area (Å²) in [6.07, 6.45) is 2.19. The molecule has 0 radical (unpaired) electrons. The van der Waals surface area contributed by atoms with E-state index in [0.29, 0.717) is 13.0 Å². The van der Waals surface area contributed by atoms with E-state index in [1.807, 2.05) is 18.7 Å². The molecule has 1 fully saturated rings. The minimum Gasteiger partial charge on any atom is -0.480 e. The molecule has 1 atom stereocenters. The molecule has 0 aromatic carbocycles. The van der Waals surface area contributed by atoms with Gasteiger partial charge >= 0.3 is 12.0 Å². The number of thioether (sulfide) groups is 1. The Balaban J connectivity index is 2.18. The molecule has 116 valence electrons. The quantitative estimate of drug-likeness (QED) is 0.623. The second-order valence-corrected chi connectivity index (χ2v) is 6.11. The molecule has 20 heavy (non-hydrogen) atoms. The average molecular weight is 303 g/mol. The van der Waals surface area contributed by atoms with E-state index in [1.54, 1.807) is 0 Å². The first-order chi connectivity index (χ1) is 9.63. The van der Waals surface area contributed by atoms with Crippen molar-refractivity contribution in [1.29, 1.82) is 0 Å². The smallest absolute Gasteiger partial charge is 0.326 e. The van der Waals surface area contributed by atoms with Gasteiger partial charge in [0.05, 0.1) is 0 Å². The van der Waals surface area contributed by atoms with E-state index < -0.39 is 12.0 Å². The lowest BCUT2D eigenvalue weighted by Gasteiger charge is -2.26. The molecule has 7 heteroatoms. The standard InChI is InChI=1S/C13H25N3O3S/c1-2-3-4-11(12(17)18)15-13(19)14-5-6-16-7-9-20-10-8-16/h11H,2-10H2,1H3,(H,17,18)(H2,14,15,19). The van der Waals surface area contributed by atoms with Crippen LogP contribution in [0.4, 0.5) is 4.79 Å². The monoisotopic (exact) mass is 303 g/mol. The summed E-state index contributed by atoms with van der Waals surface area (Å²) in [6, 6.07) is -1.18. The third-order valence-corrected chi connectivity index (χ3v) is 4.21. The average Bonchev–Trinajstić information content (AvgIpc) is 2.44. The minimum atomic E-state index is -0.971. The zero-order valence-electron chi connectivity index (χ0n) is 12.1. The number of carbonyl (C=O) groups is 2. The summed E-state index contributed by atoms with van der Waals surface area (Å²) < 4.78 is 0. The first-order valence-corrected chi connectivity index (χ1v) is 8.36. The Labute approximate surface area is 124 Å². The lowest BCUT2D eigenvalue weighted by Crippen LogP contribution is -2.48. The summed E-state index contributed by atoms with van der Waals surface area (Å²) in [4.78, 5) is 25.0. The van der Waals surface area contributed by atoms with Gasteiger partial charge in [-0.2, -0.15) is 11.8 Å². The maximum absolute atomic E-state index is 11.7. The number of aliphatic carboxylic acids is 1. The third kappa shape index (κ3) is 7.00. The zero-order chi connectivity index (χ0) is 14.8. The molecule has 1 heterocycles. The van der Waals surface area contributed by atoms with Gasteiger partial charge in [0.25, 0.3) is 0 Å². The Morgan fingerprint density at radius 1 is 1.35 bits per heavy atom. The number of carbonyl (C=O) groups excluding carboxylic acids is 1. The van der Waals surface area contributed by atoms with Crippen molar-refractivity contribution in [1.82, 2.24) is 15.5 Å². The van der Waals surface area contributed by atoms with Gasteiger partial charge < -0.3 is 15.7 Å².